The fraction of sp³-hybridized carbons (Fsp3) is 0.222. The van der Waals surface area contributed by atoms with Gasteiger partial charge in [-0.05, 0) is 24.0 Å². The van der Waals surface area contributed by atoms with E-state index in [4.69, 9.17) is 5.73 Å². The molecule has 0 spiro atoms. The molecule has 13 heavy (non-hydrogen) atoms. The van der Waals surface area contributed by atoms with E-state index >= 15 is 0 Å². The molecule has 0 bridgehead atoms. The van der Waals surface area contributed by atoms with Crippen molar-refractivity contribution in [2.75, 3.05) is 6.26 Å². The zero-order valence-corrected chi connectivity index (χ0v) is 8.14. The van der Waals surface area contributed by atoms with Crippen molar-refractivity contribution in [2.45, 2.75) is 6.54 Å². The Labute approximate surface area is 81.1 Å². The molecule has 0 aromatic heterocycles. The number of thioether (sulfide) groups is 1. The molecule has 0 saturated heterocycles. The van der Waals surface area contributed by atoms with Gasteiger partial charge in [0.05, 0.1) is 6.54 Å². The van der Waals surface area contributed by atoms with Crippen LogP contribution in [0.5, 0.6) is 0 Å². The summed E-state index contributed by atoms with van der Waals surface area (Å²) in [6.07, 6.45) is 1.85. The van der Waals surface area contributed by atoms with Crippen LogP contribution < -0.4 is 5.73 Å². The van der Waals surface area contributed by atoms with E-state index in [0.29, 0.717) is 11.7 Å². The molecule has 0 atom stereocenters. The van der Waals surface area contributed by atoms with Gasteiger partial charge in [0.25, 0.3) is 0 Å². The third kappa shape index (κ3) is 3.46. The lowest BCUT2D eigenvalue weighted by molar-refractivity contribution is 0.625. The first-order valence-electron chi connectivity index (χ1n) is 3.80. The number of amidine groups is 1. The van der Waals surface area contributed by atoms with E-state index in [-0.39, 0.29) is 5.82 Å². The summed E-state index contributed by atoms with van der Waals surface area (Å²) in [6, 6.07) is 6.35. The number of benzene rings is 1. The van der Waals surface area contributed by atoms with E-state index in [9.17, 15) is 4.39 Å². The Hall–Kier alpha value is -1.03. The highest BCUT2D eigenvalue weighted by Gasteiger charge is 1.93. The summed E-state index contributed by atoms with van der Waals surface area (Å²) < 4.78 is 12.7. The largest absolute Gasteiger partial charge is 0.379 e. The lowest BCUT2D eigenvalue weighted by Gasteiger charge is -1.97. The number of rotatable bonds is 2. The number of halogens is 1. The zero-order chi connectivity index (χ0) is 9.68. The summed E-state index contributed by atoms with van der Waals surface area (Å²) in [6.45, 7) is 0.435. The van der Waals surface area contributed by atoms with Crippen LogP contribution in [0.2, 0.25) is 0 Å². The maximum atomic E-state index is 12.7. The Morgan fingerprint density at radius 3 is 3.00 bits per heavy atom. The second-order valence-electron chi connectivity index (χ2n) is 2.49. The Bertz CT molecular complexity index is 312. The van der Waals surface area contributed by atoms with E-state index in [1.54, 1.807) is 6.07 Å². The molecule has 1 aromatic carbocycles. The topological polar surface area (TPSA) is 38.4 Å². The van der Waals surface area contributed by atoms with Crippen LogP contribution in [0.4, 0.5) is 4.39 Å². The SMILES string of the molecule is CSC(N)=NCc1cccc(F)c1. The van der Waals surface area contributed by atoms with Crippen LogP contribution in [0, 0.1) is 5.82 Å². The molecule has 1 aromatic rings. The van der Waals surface area contributed by atoms with Crippen LogP contribution in [-0.2, 0) is 6.54 Å². The van der Waals surface area contributed by atoms with Crippen LogP contribution in [0.25, 0.3) is 0 Å². The standard InChI is InChI=1S/C9H11FN2S/c1-13-9(11)12-6-7-3-2-4-8(10)5-7/h2-5H,6H2,1H3,(H2,11,12). The van der Waals surface area contributed by atoms with Crippen molar-refractivity contribution in [1.29, 1.82) is 0 Å². The van der Waals surface area contributed by atoms with Crippen LogP contribution in [-0.4, -0.2) is 11.4 Å². The minimum Gasteiger partial charge on any atom is -0.379 e. The molecule has 70 valence electrons. The van der Waals surface area contributed by atoms with Gasteiger partial charge in [0.1, 0.15) is 5.82 Å². The van der Waals surface area contributed by atoms with Gasteiger partial charge in [-0.1, -0.05) is 23.9 Å². The third-order valence-electron chi connectivity index (χ3n) is 1.52. The second-order valence-corrected chi connectivity index (χ2v) is 3.32. The predicted molar refractivity (Wildman–Crippen MR) is 55.2 cm³/mol. The second kappa shape index (κ2) is 4.87. The fourth-order valence-electron chi connectivity index (χ4n) is 0.869. The molecule has 4 heteroatoms. The first-order chi connectivity index (χ1) is 6.22. The molecule has 0 fully saturated rings. The van der Waals surface area contributed by atoms with Crippen LogP contribution >= 0.6 is 11.8 Å². The molecule has 0 aliphatic rings. The van der Waals surface area contributed by atoms with Gasteiger partial charge in [0.15, 0.2) is 5.17 Å². The highest BCUT2D eigenvalue weighted by Crippen LogP contribution is 2.05. The molecule has 2 N–H and O–H groups in total. The van der Waals surface area contributed by atoms with Crippen molar-refractivity contribution in [3.63, 3.8) is 0 Å². The van der Waals surface area contributed by atoms with E-state index in [1.165, 1.54) is 23.9 Å². The predicted octanol–water partition coefficient (Wildman–Crippen LogP) is 2.00. The van der Waals surface area contributed by atoms with Gasteiger partial charge in [0.2, 0.25) is 0 Å². The highest BCUT2D eigenvalue weighted by atomic mass is 32.2. The van der Waals surface area contributed by atoms with Crippen molar-refractivity contribution in [3.05, 3.63) is 35.6 Å². The maximum Gasteiger partial charge on any atom is 0.153 e. The molecule has 0 aliphatic heterocycles. The molecule has 0 unspecified atom stereocenters. The highest BCUT2D eigenvalue weighted by molar-refractivity contribution is 8.13. The summed E-state index contributed by atoms with van der Waals surface area (Å²) in [5, 5.41) is 0.518. The molecule has 0 radical (unpaired) electrons. The lowest BCUT2D eigenvalue weighted by Crippen LogP contribution is -2.05. The lowest BCUT2D eigenvalue weighted by atomic mass is 10.2. The van der Waals surface area contributed by atoms with Gasteiger partial charge in [-0.3, -0.25) is 4.99 Å². The summed E-state index contributed by atoms with van der Waals surface area (Å²) in [5.74, 6) is -0.240. The van der Waals surface area contributed by atoms with Crippen molar-refractivity contribution in [1.82, 2.24) is 0 Å². The number of hydrogen-bond acceptors (Lipinski definition) is 2. The molecule has 2 nitrogen and oxygen atoms in total. The minimum atomic E-state index is -0.240. The van der Waals surface area contributed by atoms with Gasteiger partial charge in [0, 0.05) is 0 Å². The van der Waals surface area contributed by atoms with E-state index < -0.39 is 0 Å². The van der Waals surface area contributed by atoms with E-state index in [0.717, 1.165) is 5.56 Å². The first kappa shape index (κ1) is 10.1. The van der Waals surface area contributed by atoms with Gasteiger partial charge >= 0.3 is 0 Å². The molecule has 0 saturated carbocycles. The smallest absolute Gasteiger partial charge is 0.153 e. The summed E-state index contributed by atoms with van der Waals surface area (Å²) >= 11 is 1.38. The van der Waals surface area contributed by atoms with Crippen molar-refractivity contribution in [2.24, 2.45) is 10.7 Å². The summed E-state index contributed by atoms with van der Waals surface area (Å²) in [4.78, 5) is 4.04. The third-order valence-corrected chi connectivity index (χ3v) is 2.06. The summed E-state index contributed by atoms with van der Waals surface area (Å²) in [7, 11) is 0. The molecule has 0 aliphatic carbocycles. The van der Waals surface area contributed by atoms with Crippen LogP contribution in [0.1, 0.15) is 5.56 Å². The van der Waals surface area contributed by atoms with Crippen LogP contribution in [0.3, 0.4) is 0 Å². The first-order valence-corrected chi connectivity index (χ1v) is 5.03. The van der Waals surface area contributed by atoms with Crippen molar-refractivity contribution >= 4 is 16.9 Å². The molecular formula is C9H11FN2S. The van der Waals surface area contributed by atoms with Gasteiger partial charge in [-0.25, -0.2) is 4.39 Å². The fourth-order valence-corrected chi connectivity index (χ4v) is 1.06. The summed E-state index contributed by atoms with van der Waals surface area (Å²) in [5.41, 5.74) is 6.31. The number of nitrogens with two attached hydrogens (primary N) is 1. The maximum absolute atomic E-state index is 12.7. The number of nitrogens with zero attached hydrogens (tertiary/aromatic N) is 1. The quantitative estimate of drug-likeness (QED) is 0.583. The Kier molecular flexibility index (Phi) is 3.76. The number of aliphatic imine (C=N–C) groups is 1. The average Bonchev–Trinajstić information content (AvgIpc) is 2.14. The Balaban J connectivity index is 2.64. The zero-order valence-electron chi connectivity index (χ0n) is 7.33. The monoisotopic (exact) mass is 198 g/mol. The van der Waals surface area contributed by atoms with Gasteiger partial charge in [-0.2, -0.15) is 0 Å². The normalized spacial score (nSPS) is 11.7. The van der Waals surface area contributed by atoms with Crippen LogP contribution in [0.15, 0.2) is 29.3 Å². The van der Waals surface area contributed by atoms with Gasteiger partial charge < -0.3 is 5.73 Å². The van der Waals surface area contributed by atoms with E-state index in [2.05, 4.69) is 4.99 Å². The Morgan fingerprint density at radius 2 is 2.38 bits per heavy atom. The van der Waals surface area contributed by atoms with E-state index in [1.807, 2.05) is 12.3 Å². The molecular weight excluding hydrogens is 187 g/mol. The van der Waals surface area contributed by atoms with Gasteiger partial charge in [-0.15, -0.1) is 0 Å². The Morgan fingerprint density at radius 1 is 1.62 bits per heavy atom. The number of hydrogen-bond donors (Lipinski definition) is 1. The van der Waals surface area contributed by atoms with Crippen molar-refractivity contribution in [3.8, 4) is 0 Å². The molecule has 1 rings (SSSR count). The molecule has 0 heterocycles. The minimum absolute atomic E-state index is 0.240. The average molecular weight is 198 g/mol. The molecule has 0 amide bonds. The van der Waals surface area contributed by atoms with Crippen molar-refractivity contribution < 1.29 is 4.39 Å².